The van der Waals surface area contributed by atoms with Gasteiger partial charge in [-0.2, -0.15) is 5.10 Å². The molecule has 1 unspecified atom stereocenters. The van der Waals surface area contributed by atoms with Crippen LogP contribution in [0.15, 0.2) is 48.5 Å². The van der Waals surface area contributed by atoms with E-state index in [-0.39, 0.29) is 28.7 Å². The first kappa shape index (κ1) is 23.4. The number of aryl methyl sites for hydroxylation is 1. The summed E-state index contributed by atoms with van der Waals surface area (Å²) < 4.78 is 33.6. The molecule has 1 atom stereocenters. The van der Waals surface area contributed by atoms with E-state index in [0.29, 0.717) is 50.7 Å². The normalized spacial score (nSPS) is 15.4. The Morgan fingerprint density at radius 1 is 1.09 bits per heavy atom. The fraction of sp³-hybridized carbons (Fsp3) is 0.333. The number of carbonyl (C=O) groups is 1. The summed E-state index contributed by atoms with van der Waals surface area (Å²) in [6.45, 7) is 5.00. The Kier molecular flexibility index (Phi) is 7.37. The maximum Gasteiger partial charge on any atom is 0.256 e. The van der Waals surface area contributed by atoms with Gasteiger partial charge in [-0.1, -0.05) is 35.9 Å². The molecule has 2 heterocycles. The molecule has 6 nitrogen and oxygen atoms in total. The molecule has 1 N–H and O–H groups in total. The molecule has 0 aliphatic carbocycles. The largest absolute Gasteiger partial charge is 0.379 e. The molecule has 3 aromatic rings. The minimum Gasteiger partial charge on any atom is -0.379 e. The molecule has 1 fully saturated rings. The zero-order valence-corrected chi connectivity index (χ0v) is 19.0. The quantitative estimate of drug-likeness (QED) is 0.563. The van der Waals surface area contributed by atoms with Gasteiger partial charge in [-0.05, 0) is 42.3 Å². The molecule has 1 aromatic heterocycles. The first-order valence-electron chi connectivity index (χ1n) is 10.7. The molecule has 4 rings (SSSR count). The van der Waals surface area contributed by atoms with Gasteiger partial charge in [0, 0.05) is 19.6 Å². The van der Waals surface area contributed by atoms with Crippen LogP contribution in [0.25, 0.3) is 0 Å². The minimum atomic E-state index is -0.330. The number of benzene rings is 2. The van der Waals surface area contributed by atoms with Crippen LogP contribution >= 0.6 is 11.6 Å². The van der Waals surface area contributed by atoms with Crippen LogP contribution in [0.2, 0.25) is 5.15 Å². The highest BCUT2D eigenvalue weighted by molar-refractivity contribution is 6.33. The Labute approximate surface area is 196 Å². The second-order valence-corrected chi connectivity index (χ2v) is 8.32. The SMILES string of the molecule is Cc1nn(Cc2ccc(F)cc2)c(Cl)c1C(=O)NCC(c1ccc(F)cc1)N1CCOCC1. The molecule has 1 aliphatic rings. The molecule has 33 heavy (non-hydrogen) atoms. The lowest BCUT2D eigenvalue weighted by atomic mass is 10.0. The third-order valence-corrected chi connectivity index (χ3v) is 6.12. The van der Waals surface area contributed by atoms with Crippen LogP contribution in [0.3, 0.4) is 0 Å². The maximum atomic E-state index is 13.4. The van der Waals surface area contributed by atoms with E-state index in [1.165, 1.54) is 28.9 Å². The van der Waals surface area contributed by atoms with E-state index < -0.39 is 0 Å². The maximum absolute atomic E-state index is 13.4. The molecule has 1 amide bonds. The number of ether oxygens (including phenoxy) is 1. The Bertz CT molecular complexity index is 1100. The molecule has 174 valence electrons. The van der Waals surface area contributed by atoms with E-state index >= 15 is 0 Å². The van der Waals surface area contributed by atoms with Crippen LogP contribution in [0.4, 0.5) is 8.78 Å². The molecule has 0 bridgehead atoms. The predicted molar refractivity (Wildman–Crippen MR) is 121 cm³/mol. The van der Waals surface area contributed by atoms with E-state index in [0.717, 1.165) is 11.1 Å². The zero-order valence-electron chi connectivity index (χ0n) is 18.2. The van der Waals surface area contributed by atoms with Crippen LogP contribution in [0.1, 0.15) is 33.2 Å². The highest BCUT2D eigenvalue weighted by atomic mass is 35.5. The Morgan fingerprint density at radius 2 is 1.70 bits per heavy atom. The van der Waals surface area contributed by atoms with Gasteiger partial charge in [0.25, 0.3) is 5.91 Å². The predicted octanol–water partition coefficient (Wildman–Crippen LogP) is 3.97. The fourth-order valence-electron chi connectivity index (χ4n) is 3.99. The van der Waals surface area contributed by atoms with E-state index in [1.54, 1.807) is 31.2 Å². The number of morpholine rings is 1. The molecule has 0 radical (unpaired) electrons. The third-order valence-electron chi connectivity index (χ3n) is 5.74. The van der Waals surface area contributed by atoms with Gasteiger partial charge in [-0.15, -0.1) is 0 Å². The van der Waals surface area contributed by atoms with Gasteiger partial charge in [0.05, 0.1) is 37.1 Å². The zero-order chi connectivity index (χ0) is 23.4. The lowest BCUT2D eigenvalue weighted by Crippen LogP contribution is -2.43. The number of aromatic nitrogens is 2. The summed E-state index contributed by atoms with van der Waals surface area (Å²) in [5.74, 6) is -0.958. The van der Waals surface area contributed by atoms with Crippen molar-refractivity contribution in [3.63, 3.8) is 0 Å². The van der Waals surface area contributed by atoms with Crippen LogP contribution in [-0.2, 0) is 11.3 Å². The third kappa shape index (κ3) is 5.58. The molecular formula is C24H25ClF2N4O2. The van der Waals surface area contributed by atoms with Crippen LogP contribution < -0.4 is 5.32 Å². The minimum absolute atomic E-state index is 0.133. The topological polar surface area (TPSA) is 59.4 Å². The van der Waals surface area contributed by atoms with Crippen molar-refractivity contribution in [1.29, 1.82) is 0 Å². The number of rotatable bonds is 7. The van der Waals surface area contributed by atoms with Crippen molar-refractivity contribution in [1.82, 2.24) is 20.0 Å². The van der Waals surface area contributed by atoms with E-state index in [9.17, 15) is 13.6 Å². The van der Waals surface area contributed by atoms with Gasteiger partial charge in [-0.25, -0.2) is 13.5 Å². The van der Waals surface area contributed by atoms with Crippen LogP contribution in [-0.4, -0.2) is 53.4 Å². The number of hydrogen-bond acceptors (Lipinski definition) is 4. The summed E-state index contributed by atoms with van der Waals surface area (Å²) in [4.78, 5) is 15.3. The Balaban J connectivity index is 1.49. The summed E-state index contributed by atoms with van der Waals surface area (Å²) in [6.07, 6.45) is 0. The smallest absolute Gasteiger partial charge is 0.256 e. The number of nitrogens with zero attached hydrogens (tertiary/aromatic N) is 3. The highest BCUT2D eigenvalue weighted by Crippen LogP contribution is 2.24. The van der Waals surface area contributed by atoms with Gasteiger partial charge in [0.15, 0.2) is 0 Å². The van der Waals surface area contributed by atoms with Gasteiger partial charge in [0.2, 0.25) is 0 Å². The molecule has 0 spiro atoms. The van der Waals surface area contributed by atoms with E-state index in [1.807, 2.05) is 0 Å². The number of carbonyl (C=O) groups excluding carboxylic acids is 1. The van der Waals surface area contributed by atoms with Crippen molar-refractivity contribution in [3.8, 4) is 0 Å². The highest BCUT2D eigenvalue weighted by Gasteiger charge is 2.26. The van der Waals surface area contributed by atoms with E-state index in [2.05, 4.69) is 15.3 Å². The second kappa shape index (κ2) is 10.4. The average molecular weight is 475 g/mol. The second-order valence-electron chi connectivity index (χ2n) is 7.96. The Hall–Kier alpha value is -2.81. The molecule has 2 aromatic carbocycles. The number of nitrogens with one attached hydrogen (secondary N) is 1. The molecule has 1 saturated heterocycles. The van der Waals surface area contributed by atoms with Gasteiger partial charge < -0.3 is 10.1 Å². The van der Waals surface area contributed by atoms with Crippen LogP contribution in [0, 0.1) is 18.6 Å². The number of halogens is 3. The fourth-order valence-corrected chi connectivity index (χ4v) is 4.31. The number of amides is 1. The summed E-state index contributed by atoms with van der Waals surface area (Å²) in [5, 5.41) is 7.59. The summed E-state index contributed by atoms with van der Waals surface area (Å²) >= 11 is 6.50. The summed E-state index contributed by atoms with van der Waals surface area (Å²) in [7, 11) is 0. The van der Waals surface area contributed by atoms with Gasteiger partial charge in [0.1, 0.15) is 16.8 Å². The van der Waals surface area contributed by atoms with Crippen LogP contribution in [0.5, 0.6) is 0 Å². The van der Waals surface area contributed by atoms with Crippen molar-refractivity contribution in [2.75, 3.05) is 32.8 Å². The Morgan fingerprint density at radius 3 is 2.33 bits per heavy atom. The van der Waals surface area contributed by atoms with Crippen molar-refractivity contribution in [2.45, 2.75) is 19.5 Å². The van der Waals surface area contributed by atoms with Crippen molar-refractivity contribution >= 4 is 17.5 Å². The first-order chi connectivity index (χ1) is 15.9. The lowest BCUT2D eigenvalue weighted by Gasteiger charge is -2.35. The van der Waals surface area contributed by atoms with Crippen molar-refractivity contribution in [3.05, 3.63) is 87.7 Å². The monoisotopic (exact) mass is 474 g/mol. The molecular weight excluding hydrogens is 450 g/mol. The molecule has 1 aliphatic heterocycles. The van der Waals surface area contributed by atoms with Crippen molar-refractivity contribution in [2.24, 2.45) is 0 Å². The average Bonchev–Trinajstić information content (AvgIpc) is 3.10. The van der Waals surface area contributed by atoms with Gasteiger partial charge >= 0.3 is 0 Å². The van der Waals surface area contributed by atoms with Gasteiger partial charge in [-0.3, -0.25) is 9.69 Å². The molecule has 9 heteroatoms. The van der Waals surface area contributed by atoms with Crippen molar-refractivity contribution < 1.29 is 18.3 Å². The van der Waals surface area contributed by atoms with E-state index in [4.69, 9.17) is 16.3 Å². The standard InChI is InChI=1S/C24H25ClF2N4O2/c1-16-22(23(25)31(29-16)15-17-2-6-19(26)7-3-17)24(32)28-14-21(30-10-12-33-13-11-30)18-4-8-20(27)9-5-18/h2-9,21H,10-15H2,1H3,(H,28,32). The summed E-state index contributed by atoms with van der Waals surface area (Å²) in [5.41, 5.74) is 2.54. The summed E-state index contributed by atoms with van der Waals surface area (Å²) in [6, 6.07) is 12.2. The first-order valence-corrected chi connectivity index (χ1v) is 11.1. The number of hydrogen-bond donors (Lipinski definition) is 1. The lowest BCUT2D eigenvalue weighted by molar-refractivity contribution is 0.0162. The molecule has 0 saturated carbocycles.